The van der Waals surface area contributed by atoms with Gasteiger partial charge in [-0.2, -0.15) is 5.10 Å². The Kier molecular flexibility index (Phi) is 2.17. The lowest BCUT2D eigenvalue weighted by molar-refractivity contribution is 0.489. The molecule has 1 heterocycles. The molecule has 1 aromatic heterocycles. The molecule has 0 saturated carbocycles. The van der Waals surface area contributed by atoms with Crippen LogP contribution in [0.2, 0.25) is 0 Å². The van der Waals surface area contributed by atoms with Gasteiger partial charge in [0, 0.05) is 6.54 Å². The van der Waals surface area contributed by atoms with Crippen LogP contribution >= 0.6 is 0 Å². The van der Waals surface area contributed by atoms with Crippen LogP contribution in [0.3, 0.4) is 0 Å². The van der Waals surface area contributed by atoms with Crippen molar-refractivity contribution >= 4 is 12.6 Å². The lowest BCUT2D eigenvalue weighted by atomic mass is 9.86. The molecule has 0 saturated heterocycles. The van der Waals surface area contributed by atoms with Crippen molar-refractivity contribution in [2.75, 3.05) is 0 Å². The van der Waals surface area contributed by atoms with Crippen LogP contribution < -0.4 is 5.59 Å². The second-order valence-electron chi connectivity index (χ2n) is 2.60. The minimum atomic E-state index is -4.92. The summed E-state index contributed by atoms with van der Waals surface area (Å²) in [7, 11) is 0. The monoisotopic (exact) mass is 177 g/mol. The molecule has 0 bridgehead atoms. The van der Waals surface area contributed by atoms with E-state index in [0.717, 1.165) is 10.7 Å². The van der Waals surface area contributed by atoms with Gasteiger partial charge in [0.2, 0.25) is 0 Å². The molecule has 0 radical (unpaired) electrons. The first kappa shape index (κ1) is 9.16. The van der Waals surface area contributed by atoms with Crippen molar-refractivity contribution in [2.45, 2.75) is 20.4 Å². The Bertz CT molecular complexity index is 279. The van der Waals surface area contributed by atoms with Crippen molar-refractivity contribution in [3.05, 3.63) is 11.8 Å². The van der Waals surface area contributed by atoms with Gasteiger partial charge in [0.15, 0.2) is 0 Å². The first-order valence-electron chi connectivity index (χ1n) is 3.69. The van der Waals surface area contributed by atoms with E-state index in [2.05, 4.69) is 5.10 Å². The fourth-order valence-electron chi connectivity index (χ4n) is 1.08. The highest BCUT2D eigenvalue weighted by molar-refractivity contribution is 6.72. The molecule has 1 aromatic rings. The molecule has 0 aliphatic carbocycles. The van der Waals surface area contributed by atoms with Crippen LogP contribution in [0.15, 0.2) is 6.07 Å². The standard InChI is InChI=1S/C6H9BF3N2/c1-3-12-6(7(8,9)10)4-5(2)11-12/h4H,3H2,1-2H3/q-1. The summed E-state index contributed by atoms with van der Waals surface area (Å²) in [6, 6.07) is 1.07. The Labute approximate surface area is 68.4 Å². The van der Waals surface area contributed by atoms with Gasteiger partial charge in [-0.3, -0.25) is 4.68 Å². The highest BCUT2D eigenvalue weighted by Gasteiger charge is 2.29. The molecule has 2 nitrogen and oxygen atoms in total. The summed E-state index contributed by atoms with van der Waals surface area (Å²) >= 11 is 0. The molecule has 1 rings (SSSR count). The predicted molar refractivity (Wildman–Crippen MR) is 41.4 cm³/mol. The summed E-state index contributed by atoms with van der Waals surface area (Å²) in [5.41, 5.74) is -0.207. The lowest BCUT2D eigenvalue weighted by Crippen LogP contribution is -2.40. The zero-order chi connectivity index (χ0) is 9.35. The predicted octanol–water partition coefficient (Wildman–Crippen LogP) is 1.27. The van der Waals surface area contributed by atoms with Crippen LogP contribution in [-0.2, 0) is 6.54 Å². The van der Waals surface area contributed by atoms with Gasteiger partial charge in [0.1, 0.15) is 0 Å². The molecule has 68 valence electrons. The molecule has 0 amide bonds. The number of nitrogens with zero attached hydrogens (tertiary/aromatic N) is 2. The van der Waals surface area contributed by atoms with E-state index in [4.69, 9.17) is 0 Å². The lowest BCUT2D eigenvalue weighted by Gasteiger charge is -2.15. The number of halogens is 3. The molecule has 12 heavy (non-hydrogen) atoms. The van der Waals surface area contributed by atoms with E-state index >= 15 is 0 Å². The van der Waals surface area contributed by atoms with Gasteiger partial charge >= 0.3 is 6.98 Å². The van der Waals surface area contributed by atoms with Crippen LogP contribution in [0.25, 0.3) is 0 Å². The first-order valence-corrected chi connectivity index (χ1v) is 3.69. The zero-order valence-corrected chi connectivity index (χ0v) is 6.89. The van der Waals surface area contributed by atoms with Gasteiger partial charge < -0.3 is 12.9 Å². The molecule has 0 aromatic carbocycles. The molecule has 0 unspecified atom stereocenters. The number of hydrogen-bond donors (Lipinski definition) is 0. The van der Waals surface area contributed by atoms with Crippen LogP contribution in [-0.4, -0.2) is 16.8 Å². The Hall–Kier alpha value is -0.935. The molecule has 0 aliphatic rings. The van der Waals surface area contributed by atoms with Gasteiger partial charge in [-0.05, 0) is 25.5 Å². The fraction of sp³-hybridized carbons (Fsp3) is 0.500. The second kappa shape index (κ2) is 2.84. The number of aryl methyl sites for hydroxylation is 2. The average molecular weight is 177 g/mol. The van der Waals surface area contributed by atoms with Gasteiger partial charge in [-0.15, -0.1) is 0 Å². The van der Waals surface area contributed by atoms with E-state index in [-0.39, 0.29) is 6.54 Å². The van der Waals surface area contributed by atoms with Crippen LogP contribution in [0, 0.1) is 6.92 Å². The number of aromatic nitrogens is 2. The van der Waals surface area contributed by atoms with Crippen molar-refractivity contribution in [3.8, 4) is 0 Å². The van der Waals surface area contributed by atoms with E-state index in [1.54, 1.807) is 13.8 Å². The highest BCUT2D eigenvalue weighted by Crippen LogP contribution is 2.09. The SMILES string of the molecule is CCn1nc(C)cc1[B-](F)(F)F. The van der Waals surface area contributed by atoms with Crippen molar-refractivity contribution in [1.29, 1.82) is 0 Å². The minimum Gasteiger partial charge on any atom is -0.444 e. The van der Waals surface area contributed by atoms with Gasteiger partial charge in [0.05, 0.1) is 5.69 Å². The van der Waals surface area contributed by atoms with Crippen LogP contribution in [0.5, 0.6) is 0 Å². The molecule has 0 aliphatic heterocycles. The van der Waals surface area contributed by atoms with Crippen molar-refractivity contribution in [3.63, 3.8) is 0 Å². The number of rotatable bonds is 2. The Morgan fingerprint density at radius 2 is 2.08 bits per heavy atom. The van der Waals surface area contributed by atoms with Crippen LogP contribution in [0.1, 0.15) is 12.6 Å². The Morgan fingerprint density at radius 3 is 2.42 bits per heavy atom. The van der Waals surface area contributed by atoms with E-state index in [0.29, 0.717) is 5.69 Å². The normalized spacial score (nSPS) is 12.1. The van der Waals surface area contributed by atoms with E-state index in [1.807, 2.05) is 0 Å². The summed E-state index contributed by atoms with van der Waals surface area (Å²) in [6.07, 6.45) is 0. The third-order valence-corrected chi connectivity index (χ3v) is 1.57. The minimum absolute atomic E-state index is 0.254. The van der Waals surface area contributed by atoms with Gasteiger partial charge in [0.25, 0.3) is 0 Å². The molecular weight excluding hydrogens is 168 g/mol. The fourth-order valence-corrected chi connectivity index (χ4v) is 1.08. The van der Waals surface area contributed by atoms with E-state index in [1.165, 1.54) is 0 Å². The summed E-state index contributed by atoms with van der Waals surface area (Å²) < 4.78 is 37.7. The molecule has 0 spiro atoms. The first-order chi connectivity index (χ1) is 5.45. The van der Waals surface area contributed by atoms with E-state index < -0.39 is 12.6 Å². The molecule has 0 atom stereocenters. The van der Waals surface area contributed by atoms with Gasteiger partial charge in [-0.25, -0.2) is 0 Å². The van der Waals surface area contributed by atoms with Crippen molar-refractivity contribution in [1.82, 2.24) is 9.78 Å². The maximum atomic E-state index is 12.3. The Morgan fingerprint density at radius 1 is 1.50 bits per heavy atom. The smallest absolute Gasteiger partial charge is 0.444 e. The van der Waals surface area contributed by atoms with Gasteiger partial charge in [-0.1, -0.05) is 0 Å². The molecule has 0 fully saturated rings. The summed E-state index contributed by atoms with van der Waals surface area (Å²) in [4.78, 5) is 0. The summed E-state index contributed by atoms with van der Waals surface area (Å²) in [5.74, 6) is 0. The van der Waals surface area contributed by atoms with Crippen molar-refractivity contribution < 1.29 is 12.9 Å². The topological polar surface area (TPSA) is 17.8 Å². The molecule has 6 heteroatoms. The average Bonchev–Trinajstić information content (AvgIpc) is 2.29. The quantitative estimate of drug-likeness (QED) is 0.621. The third-order valence-electron chi connectivity index (χ3n) is 1.57. The maximum Gasteiger partial charge on any atom is 0.527 e. The maximum absolute atomic E-state index is 12.3. The highest BCUT2D eigenvalue weighted by atomic mass is 19.4. The molecule has 0 N–H and O–H groups in total. The zero-order valence-electron chi connectivity index (χ0n) is 6.89. The molecular formula is C6H9BF3N2-. The third kappa shape index (κ3) is 1.62. The second-order valence-corrected chi connectivity index (χ2v) is 2.60. The summed E-state index contributed by atoms with van der Waals surface area (Å²) in [6.45, 7) is -1.47. The van der Waals surface area contributed by atoms with Crippen LogP contribution in [0.4, 0.5) is 12.9 Å². The van der Waals surface area contributed by atoms with E-state index in [9.17, 15) is 12.9 Å². The number of hydrogen-bond acceptors (Lipinski definition) is 1. The van der Waals surface area contributed by atoms with Crippen molar-refractivity contribution in [2.24, 2.45) is 0 Å². The Balaban J connectivity index is 3.13. The largest absolute Gasteiger partial charge is 0.527 e. The summed E-state index contributed by atoms with van der Waals surface area (Å²) in [5, 5.41) is 3.71.